The number of benzene rings is 1. The molecule has 0 aliphatic carbocycles. The third-order valence-electron chi connectivity index (χ3n) is 4.47. The first kappa shape index (κ1) is 18.9. The van der Waals surface area contributed by atoms with Crippen LogP contribution in [0.1, 0.15) is 17.7 Å². The number of aromatic nitrogens is 3. The summed E-state index contributed by atoms with van der Waals surface area (Å²) < 4.78 is 45.2. The zero-order valence-electron chi connectivity index (χ0n) is 15.0. The number of halogens is 3. The van der Waals surface area contributed by atoms with E-state index in [-0.39, 0.29) is 28.9 Å². The maximum Gasteiger partial charge on any atom is 0.417 e. The second-order valence-electron chi connectivity index (χ2n) is 6.47. The SMILES string of the molecule is N#Cc1ncc(Nc2cc3cccc(C(F)(F)F)c3cn2)nc1O[C@@H]1CCNC1. The molecular weight excluding hydrogens is 385 g/mol. The molecule has 1 saturated heterocycles. The molecule has 0 unspecified atom stereocenters. The van der Waals surface area contributed by atoms with E-state index in [2.05, 4.69) is 25.6 Å². The number of ether oxygens (including phenoxy) is 1. The van der Waals surface area contributed by atoms with Crippen molar-refractivity contribution in [3.63, 3.8) is 0 Å². The standard InChI is InChI=1S/C19H15F3N6O/c20-19(21,22)14-3-1-2-11-6-16(26-9-13(11)14)27-17-10-25-15(7-23)18(28-17)29-12-4-5-24-8-12/h1-3,6,9-10,12,24H,4-5,8H2,(H,26,27,28)/t12-/m1/s1. The lowest BCUT2D eigenvalue weighted by Crippen LogP contribution is -2.21. The molecule has 7 nitrogen and oxygen atoms in total. The zero-order chi connectivity index (χ0) is 20.4. The van der Waals surface area contributed by atoms with Gasteiger partial charge in [0.15, 0.2) is 5.82 Å². The van der Waals surface area contributed by atoms with E-state index in [1.54, 1.807) is 6.07 Å². The summed E-state index contributed by atoms with van der Waals surface area (Å²) in [6.07, 6.45) is -1.27. The molecule has 0 spiro atoms. The van der Waals surface area contributed by atoms with Crippen molar-refractivity contribution < 1.29 is 17.9 Å². The van der Waals surface area contributed by atoms with Gasteiger partial charge < -0.3 is 15.4 Å². The van der Waals surface area contributed by atoms with E-state index in [9.17, 15) is 18.4 Å². The predicted octanol–water partition coefficient (Wildman–Crippen LogP) is 3.40. The summed E-state index contributed by atoms with van der Waals surface area (Å²) in [6, 6.07) is 7.36. The third-order valence-corrected chi connectivity index (χ3v) is 4.47. The molecule has 1 atom stereocenters. The highest BCUT2D eigenvalue weighted by Gasteiger charge is 2.32. The number of nitrogens with zero attached hydrogens (tertiary/aromatic N) is 4. The van der Waals surface area contributed by atoms with Crippen LogP contribution < -0.4 is 15.4 Å². The second-order valence-corrected chi connectivity index (χ2v) is 6.47. The Labute approximate surface area is 163 Å². The van der Waals surface area contributed by atoms with Crippen LogP contribution in [0.2, 0.25) is 0 Å². The molecule has 10 heteroatoms. The maximum atomic E-state index is 13.1. The number of hydrogen-bond acceptors (Lipinski definition) is 7. The van der Waals surface area contributed by atoms with Gasteiger partial charge >= 0.3 is 6.18 Å². The van der Waals surface area contributed by atoms with Crippen LogP contribution in [-0.2, 0) is 6.18 Å². The molecule has 3 aromatic rings. The monoisotopic (exact) mass is 400 g/mol. The molecule has 2 N–H and O–H groups in total. The molecule has 1 fully saturated rings. The Hall–Kier alpha value is -3.45. The van der Waals surface area contributed by atoms with Crippen molar-refractivity contribution in [2.45, 2.75) is 18.7 Å². The van der Waals surface area contributed by atoms with Crippen molar-refractivity contribution in [1.29, 1.82) is 5.26 Å². The first-order valence-electron chi connectivity index (χ1n) is 8.81. The summed E-state index contributed by atoms with van der Waals surface area (Å²) in [5, 5.41) is 15.7. The number of rotatable bonds is 4. The van der Waals surface area contributed by atoms with Crippen LogP contribution in [0.25, 0.3) is 10.8 Å². The van der Waals surface area contributed by atoms with Crippen LogP contribution >= 0.6 is 0 Å². The van der Waals surface area contributed by atoms with E-state index >= 15 is 0 Å². The maximum absolute atomic E-state index is 13.1. The van der Waals surface area contributed by atoms with Crippen LogP contribution in [-0.4, -0.2) is 34.1 Å². The number of anilines is 2. The van der Waals surface area contributed by atoms with Crippen molar-refractivity contribution in [3.05, 3.63) is 47.9 Å². The smallest absolute Gasteiger partial charge is 0.417 e. The van der Waals surface area contributed by atoms with Gasteiger partial charge in [-0.3, -0.25) is 0 Å². The molecule has 29 heavy (non-hydrogen) atoms. The summed E-state index contributed by atoms with van der Waals surface area (Å²) in [7, 11) is 0. The summed E-state index contributed by atoms with van der Waals surface area (Å²) >= 11 is 0. The zero-order valence-corrected chi connectivity index (χ0v) is 15.0. The summed E-state index contributed by atoms with van der Waals surface area (Å²) in [5.74, 6) is 0.666. The van der Waals surface area contributed by atoms with Crippen molar-refractivity contribution >= 4 is 22.4 Å². The van der Waals surface area contributed by atoms with E-state index < -0.39 is 11.7 Å². The minimum absolute atomic E-state index is 0.00854. The topological polar surface area (TPSA) is 95.8 Å². The van der Waals surface area contributed by atoms with Gasteiger partial charge in [0.2, 0.25) is 5.69 Å². The van der Waals surface area contributed by atoms with Gasteiger partial charge in [-0.1, -0.05) is 12.1 Å². The van der Waals surface area contributed by atoms with Gasteiger partial charge in [-0.25, -0.2) is 9.97 Å². The number of nitriles is 1. The van der Waals surface area contributed by atoms with Gasteiger partial charge in [0.1, 0.15) is 18.0 Å². The average Bonchev–Trinajstić information content (AvgIpc) is 3.20. The van der Waals surface area contributed by atoms with Crippen LogP contribution in [0.4, 0.5) is 24.8 Å². The van der Waals surface area contributed by atoms with Crippen molar-refractivity contribution in [2.75, 3.05) is 18.4 Å². The van der Waals surface area contributed by atoms with Crippen LogP contribution in [0, 0.1) is 11.3 Å². The lowest BCUT2D eigenvalue weighted by atomic mass is 10.1. The molecule has 3 heterocycles. The van der Waals surface area contributed by atoms with E-state index in [0.717, 1.165) is 19.0 Å². The number of pyridine rings is 1. The van der Waals surface area contributed by atoms with Gasteiger partial charge in [-0.15, -0.1) is 0 Å². The molecule has 0 amide bonds. The summed E-state index contributed by atoms with van der Waals surface area (Å²) in [5.41, 5.74) is -0.684. The van der Waals surface area contributed by atoms with Crippen LogP contribution in [0.5, 0.6) is 5.88 Å². The molecule has 148 valence electrons. The van der Waals surface area contributed by atoms with Gasteiger partial charge in [0.25, 0.3) is 5.88 Å². The van der Waals surface area contributed by atoms with E-state index in [4.69, 9.17) is 4.74 Å². The molecule has 2 aromatic heterocycles. The highest BCUT2D eigenvalue weighted by atomic mass is 19.4. The fraction of sp³-hybridized carbons (Fsp3) is 0.263. The van der Waals surface area contributed by atoms with Gasteiger partial charge in [-0.2, -0.15) is 23.4 Å². The third kappa shape index (κ3) is 4.05. The Kier molecular flexibility index (Phi) is 4.90. The lowest BCUT2D eigenvalue weighted by Gasteiger charge is -2.14. The van der Waals surface area contributed by atoms with Crippen molar-refractivity contribution in [3.8, 4) is 11.9 Å². The largest absolute Gasteiger partial charge is 0.471 e. The molecular formula is C19H15F3N6O. The quantitative estimate of drug-likeness (QED) is 0.693. The number of fused-ring (bicyclic) bond motifs is 1. The highest BCUT2D eigenvalue weighted by molar-refractivity contribution is 5.87. The Morgan fingerprint density at radius 1 is 1.21 bits per heavy atom. The van der Waals surface area contributed by atoms with E-state index in [0.29, 0.717) is 17.7 Å². The average molecular weight is 400 g/mol. The molecule has 0 saturated carbocycles. The fourth-order valence-corrected chi connectivity index (χ4v) is 3.10. The Morgan fingerprint density at radius 2 is 2.07 bits per heavy atom. The number of alkyl halides is 3. The molecule has 0 bridgehead atoms. The molecule has 1 aliphatic heterocycles. The normalized spacial score (nSPS) is 16.6. The summed E-state index contributed by atoms with van der Waals surface area (Å²) in [6.45, 7) is 1.47. The molecule has 4 rings (SSSR count). The fourth-order valence-electron chi connectivity index (χ4n) is 3.10. The van der Waals surface area contributed by atoms with Crippen molar-refractivity contribution in [1.82, 2.24) is 20.3 Å². The number of nitrogens with one attached hydrogen (secondary N) is 2. The Morgan fingerprint density at radius 3 is 2.79 bits per heavy atom. The number of hydrogen-bond donors (Lipinski definition) is 2. The minimum Gasteiger partial charge on any atom is -0.471 e. The van der Waals surface area contributed by atoms with Gasteiger partial charge in [0.05, 0.1) is 11.8 Å². The molecule has 0 radical (unpaired) electrons. The van der Waals surface area contributed by atoms with Crippen molar-refractivity contribution in [2.24, 2.45) is 0 Å². The highest BCUT2D eigenvalue weighted by Crippen LogP contribution is 2.35. The summed E-state index contributed by atoms with van der Waals surface area (Å²) in [4.78, 5) is 12.4. The Bertz CT molecular complexity index is 1090. The molecule has 1 aromatic carbocycles. The predicted molar refractivity (Wildman–Crippen MR) is 98.7 cm³/mol. The van der Waals surface area contributed by atoms with Gasteiger partial charge in [0, 0.05) is 18.1 Å². The van der Waals surface area contributed by atoms with Crippen LogP contribution in [0.3, 0.4) is 0 Å². The molecule has 1 aliphatic rings. The van der Waals surface area contributed by atoms with Gasteiger partial charge in [-0.05, 0) is 30.5 Å². The lowest BCUT2D eigenvalue weighted by molar-refractivity contribution is -0.136. The minimum atomic E-state index is -4.46. The second kappa shape index (κ2) is 7.52. The van der Waals surface area contributed by atoms with E-state index in [1.807, 2.05) is 6.07 Å². The Balaban J connectivity index is 1.62. The van der Waals surface area contributed by atoms with E-state index in [1.165, 1.54) is 24.5 Å². The first-order valence-corrected chi connectivity index (χ1v) is 8.81. The first-order chi connectivity index (χ1) is 13.9. The van der Waals surface area contributed by atoms with Crippen LogP contribution in [0.15, 0.2) is 36.7 Å².